The average molecular weight is 342 g/mol. The predicted molar refractivity (Wildman–Crippen MR) is 79.2 cm³/mol. The van der Waals surface area contributed by atoms with E-state index in [1.54, 1.807) is 12.1 Å². The smallest absolute Gasteiger partial charge is 0.161 e. The normalized spacial score (nSPS) is 19.6. The van der Waals surface area contributed by atoms with Crippen molar-refractivity contribution in [3.05, 3.63) is 28.0 Å². The quantitative estimate of drug-likeness (QED) is 0.914. The molecule has 0 spiro atoms. The summed E-state index contributed by atoms with van der Waals surface area (Å²) in [5.74, 6) is -0.438. The zero-order valence-corrected chi connectivity index (χ0v) is 12.9. The Morgan fingerprint density at radius 3 is 3.10 bits per heavy atom. The molecule has 1 fully saturated rings. The number of benzene rings is 1. The molecule has 108 valence electrons. The lowest BCUT2D eigenvalue weighted by molar-refractivity contribution is -0.0192. The third-order valence-corrected chi connectivity index (χ3v) is 4.17. The Labute approximate surface area is 126 Å². The van der Waals surface area contributed by atoms with E-state index in [2.05, 4.69) is 33.1 Å². The van der Waals surface area contributed by atoms with E-state index < -0.39 is 5.82 Å². The SMILES string of the molecule is CCN1CCOC(CNc2ccc(C#N)c(Br)c2F)C1. The van der Waals surface area contributed by atoms with Gasteiger partial charge < -0.3 is 10.1 Å². The largest absolute Gasteiger partial charge is 0.380 e. The maximum absolute atomic E-state index is 14.0. The third kappa shape index (κ3) is 3.48. The van der Waals surface area contributed by atoms with Gasteiger partial charge in [0, 0.05) is 19.6 Å². The molecule has 6 heteroatoms. The van der Waals surface area contributed by atoms with Crippen LogP contribution in [-0.4, -0.2) is 43.8 Å². The molecular weight excluding hydrogens is 325 g/mol. The van der Waals surface area contributed by atoms with Crippen LogP contribution in [0.25, 0.3) is 0 Å². The number of morpholine rings is 1. The number of nitriles is 1. The van der Waals surface area contributed by atoms with E-state index in [1.807, 2.05) is 6.07 Å². The zero-order valence-electron chi connectivity index (χ0n) is 11.3. The topological polar surface area (TPSA) is 48.3 Å². The van der Waals surface area contributed by atoms with Crippen molar-refractivity contribution in [2.24, 2.45) is 0 Å². The number of likely N-dealkylation sites (N-methyl/N-ethyl adjacent to an activating group) is 1. The Bertz CT molecular complexity index is 518. The molecule has 0 bridgehead atoms. The molecule has 4 nitrogen and oxygen atoms in total. The van der Waals surface area contributed by atoms with E-state index in [9.17, 15) is 4.39 Å². The van der Waals surface area contributed by atoms with Gasteiger partial charge in [0.25, 0.3) is 0 Å². The molecular formula is C14H17BrFN3O. The lowest BCUT2D eigenvalue weighted by Crippen LogP contribution is -2.45. The van der Waals surface area contributed by atoms with Crippen molar-refractivity contribution in [3.8, 4) is 6.07 Å². The predicted octanol–water partition coefficient (Wildman–Crippen LogP) is 2.59. The van der Waals surface area contributed by atoms with Crippen molar-refractivity contribution in [2.75, 3.05) is 38.1 Å². The van der Waals surface area contributed by atoms with Crippen molar-refractivity contribution in [3.63, 3.8) is 0 Å². The van der Waals surface area contributed by atoms with Crippen molar-refractivity contribution in [1.82, 2.24) is 4.90 Å². The van der Waals surface area contributed by atoms with Crippen LogP contribution in [0.5, 0.6) is 0 Å². The summed E-state index contributed by atoms with van der Waals surface area (Å²) >= 11 is 3.10. The summed E-state index contributed by atoms with van der Waals surface area (Å²) < 4.78 is 19.9. The van der Waals surface area contributed by atoms with E-state index in [1.165, 1.54) is 0 Å². The first-order valence-corrected chi connectivity index (χ1v) is 7.41. The molecule has 1 unspecified atom stereocenters. The van der Waals surface area contributed by atoms with E-state index in [-0.39, 0.29) is 10.6 Å². The summed E-state index contributed by atoms with van der Waals surface area (Å²) in [4.78, 5) is 2.31. The molecule has 1 atom stereocenters. The lowest BCUT2D eigenvalue weighted by Gasteiger charge is -2.32. The van der Waals surface area contributed by atoms with E-state index in [0.717, 1.165) is 19.6 Å². The minimum Gasteiger partial charge on any atom is -0.380 e. The molecule has 1 aliphatic rings. The summed E-state index contributed by atoms with van der Waals surface area (Å²) in [6.45, 7) is 6.17. The second-order valence-corrected chi connectivity index (χ2v) is 5.46. The van der Waals surface area contributed by atoms with Crippen LogP contribution in [0.3, 0.4) is 0 Å². The molecule has 1 heterocycles. The Morgan fingerprint density at radius 2 is 2.40 bits per heavy atom. The molecule has 1 aliphatic heterocycles. The molecule has 0 aromatic heterocycles. The molecule has 1 aromatic carbocycles. The first-order chi connectivity index (χ1) is 9.65. The van der Waals surface area contributed by atoms with Crippen LogP contribution in [-0.2, 0) is 4.74 Å². The standard InChI is InChI=1S/C14H17BrFN3O/c1-2-19-5-6-20-11(9-19)8-18-12-4-3-10(7-17)13(15)14(12)16/h3-4,11,18H,2,5-6,8-9H2,1H3. The zero-order chi connectivity index (χ0) is 14.5. The van der Waals surface area contributed by atoms with Gasteiger partial charge in [-0.25, -0.2) is 4.39 Å². The van der Waals surface area contributed by atoms with Crippen LogP contribution in [0.4, 0.5) is 10.1 Å². The highest BCUT2D eigenvalue weighted by Crippen LogP contribution is 2.26. The molecule has 1 saturated heterocycles. The maximum Gasteiger partial charge on any atom is 0.161 e. The Morgan fingerprint density at radius 1 is 1.60 bits per heavy atom. The summed E-state index contributed by atoms with van der Waals surface area (Å²) in [6.07, 6.45) is 0.0533. The van der Waals surface area contributed by atoms with Gasteiger partial charge in [-0.15, -0.1) is 0 Å². The number of ether oxygens (including phenoxy) is 1. The monoisotopic (exact) mass is 341 g/mol. The molecule has 1 N–H and O–H groups in total. The molecule has 0 amide bonds. The number of rotatable bonds is 4. The van der Waals surface area contributed by atoms with Gasteiger partial charge in [-0.2, -0.15) is 5.26 Å². The Hall–Kier alpha value is -1.16. The van der Waals surface area contributed by atoms with Gasteiger partial charge in [-0.3, -0.25) is 4.90 Å². The van der Waals surface area contributed by atoms with Gasteiger partial charge in [0.2, 0.25) is 0 Å². The average Bonchev–Trinajstić information content (AvgIpc) is 2.49. The Kier molecular flexibility index (Phi) is 5.35. The highest BCUT2D eigenvalue weighted by atomic mass is 79.9. The molecule has 0 radical (unpaired) electrons. The van der Waals surface area contributed by atoms with Crippen molar-refractivity contribution < 1.29 is 9.13 Å². The molecule has 0 saturated carbocycles. The van der Waals surface area contributed by atoms with Gasteiger partial charge in [0.15, 0.2) is 5.82 Å². The first-order valence-electron chi connectivity index (χ1n) is 6.61. The molecule has 0 aliphatic carbocycles. The highest BCUT2D eigenvalue weighted by Gasteiger charge is 2.19. The van der Waals surface area contributed by atoms with Gasteiger partial charge in [0.1, 0.15) is 6.07 Å². The van der Waals surface area contributed by atoms with Gasteiger partial charge in [-0.05, 0) is 34.6 Å². The number of hydrogen-bond donors (Lipinski definition) is 1. The first kappa shape index (κ1) is 15.2. The minimum atomic E-state index is -0.438. The van der Waals surface area contributed by atoms with Crippen molar-refractivity contribution in [1.29, 1.82) is 5.26 Å². The lowest BCUT2D eigenvalue weighted by atomic mass is 10.2. The van der Waals surface area contributed by atoms with Gasteiger partial charge >= 0.3 is 0 Å². The van der Waals surface area contributed by atoms with E-state index >= 15 is 0 Å². The summed E-state index contributed by atoms with van der Waals surface area (Å²) in [5, 5.41) is 11.9. The molecule has 1 aromatic rings. The van der Waals surface area contributed by atoms with Crippen LogP contribution in [0, 0.1) is 17.1 Å². The second kappa shape index (κ2) is 7.02. The van der Waals surface area contributed by atoms with Crippen LogP contribution >= 0.6 is 15.9 Å². The van der Waals surface area contributed by atoms with E-state index in [4.69, 9.17) is 10.00 Å². The third-order valence-electron chi connectivity index (χ3n) is 3.39. The fourth-order valence-corrected chi connectivity index (χ4v) is 2.62. The van der Waals surface area contributed by atoms with Crippen LogP contribution in [0.2, 0.25) is 0 Å². The van der Waals surface area contributed by atoms with Crippen LogP contribution < -0.4 is 5.32 Å². The highest BCUT2D eigenvalue weighted by molar-refractivity contribution is 9.10. The van der Waals surface area contributed by atoms with Crippen LogP contribution in [0.1, 0.15) is 12.5 Å². The van der Waals surface area contributed by atoms with Crippen molar-refractivity contribution >= 4 is 21.6 Å². The fraction of sp³-hybridized carbons (Fsp3) is 0.500. The summed E-state index contributed by atoms with van der Waals surface area (Å²) in [5.41, 5.74) is 0.673. The number of halogens is 2. The van der Waals surface area contributed by atoms with Gasteiger partial charge in [0.05, 0.1) is 28.4 Å². The number of anilines is 1. The number of nitrogens with one attached hydrogen (secondary N) is 1. The molecule has 20 heavy (non-hydrogen) atoms. The Balaban J connectivity index is 1.98. The summed E-state index contributed by atoms with van der Waals surface area (Å²) in [6, 6.07) is 5.11. The second-order valence-electron chi connectivity index (χ2n) is 4.67. The van der Waals surface area contributed by atoms with Gasteiger partial charge in [-0.1, -0.05) is 6.92 Å². The number of nitrogens with zero attached hydrogens (tertiary/aromatic N) is 2. The molecule has 2 rings (SSSR count). The number of hydrogen-bond acceptors (Lipinski definition) is 4. The summed E-state index contributed by atoms with van der Waals surface area (Å²) in [7, 11) is 0. The van der Waals surface area contributed by atoms with Crippen LogP contribution in [0.15, 0.2) is 16.6 Å². The maximum atomic E-state index is 14.0. The fourth-order valence-electron chi connectivity index (χ4n) is 2.19. The van der Waals surface area contributed by atoms with E-state index in [0.29, 0.717) is 24.4 Å². The minimum absolute atomic E-state index is 0.0533. The van der Waals surface area contributed by atoms with Crippen molar-refractivity contribution in [2.45, 2.75) is 13.0 Å².